The molecule has 19 heavy (non-hydrogen) atoms. The molecule has 104 valence electrons. The maximum atomic E-state index is 12.1. The van der Waals surface area contributed by atoms with Gasteiger partial charge in [-0.05, 0) is 11.6 Å². The minimum Gasteiger partial charge on any atom is -0.373 e. The first kappa shape index (κ1) is 13.7. The largest absolute Gasteiger partial charge is 0.390 e. The number of nitrogens with zero attached hydrogens (tertiary/aromatic N) is 1. The number of rotatable bonds is 3. The van der Waals surface area contributed by atoms with Crippen LogP contribution in [0.5, 0.6) is 0 Å². The number of alkyl halides is 3. The first-order chi connectivity index (χ1) is 8.87. The van der Waals surface area contributed by atoms with E-state index in [2.05, 4.69) is 5.32 Å². The highest BCUT2D eigenvalue weighted by Gasteiger charge is 2.31. The molecule has 0 bridgehead atoms. The van der Waals surface area contributed by atoms with Gasteiger partial charge in [0, 0.05) is 25.7 Å². The maximum absolute atomic E-state index is 12.1. The number of para-hydroxylation sites is 1. The van der Waals surface area contributed by atoms with Crippen molar-refractivity contribution in [2.45, 2.75) is 25.1 Å². The molecule has 3 nitrogen and oxygen atoms in total. The molecule has 2 rings (SSSR count). The van der Waals surface area contributed by atoms with Gasteiger partial charge < -0.3 is 10.2 Å². The lowest BCUT2D eigenvalue weighted by Crippen LogP contribution is -2.41. The number of carbonyl (C=O) groups is 1. The van der Waals surface area contributed by atoms with E-state index in [-0.39, 0.29) is 12.5 Å². The van der Waals surface area contributed by atoms with Gasteiger partial charge in [-0.25, -0.2) is 0 Å². The normalized spacial score (nSPS) is 17.8. The van der Waals surface area contributed by atoms with Gasteiger partial charge in [0.25, 0.3) is 0 Å². The van der Waals surface area contributed by atoms with Gasteiger partial charge in [-0.15, -0.1) is 0 Å². The number of benzene rings is 1. The van der Waals surface area contributed by atoms with Gasteiger partial charge >= 0.3 is 6.18 Å². The lowest BCUT2D eigenvalue weighted by atomic mass is 10.1. The summed E-state index contributed by atoms with van der Waals surface area (Å²) in [6.07, 6.45) is -4.69. The second-order valence-electron chi connectivity index (χ2n) is 4.68. The van der Waals surface area contributed by atoms with Crippen LogP contribution in [0, 0.1) is 0 Å². The van der Waals surface area contributed by atoms with Gasteiger partial charge in [-0.3, -0.25) is 4.79 Å². The highest BCUT2D eigenvalue weighted by Crippen LogP contribution is 2.26. The van der Waals surface area contributed by atoms with Crippen molar-refractivity contribution in [3.8, 4) is 0 Å². The number of anilines is 1. The van der Waals surface area contributed by atoms with Crippen LogP contribution in [0.3, 0.4) is 0 Å². The van der Waals surface area contributed by atoms with E-state index in [0.29, 0.717) is 6.42 Å². The molecule has 0 spiro atoms. The van der Waals surface area contributed by atoms with E-state index in [1.165, 1.54) is 7.05 Å². The molecule has 1 aliphatic heterocycles. The standard InChI is InChI=1S/C13H15F3N2O/c1-18(7-6-13(14,15)16)12(19)11-8-9-4-2-3-5-10(9)17-11/h2-5,11,17H,6-8H2,1H3. The van der Waals surface area contributed by atoms with E-state index in [0.717, 1.165) is 16.2 Å². The number of carbonyl (C=O) groups excluding carboxylic acids is 1. The third-order valence-corrected chi connectivity index (χ3v) is 3.18. The number of amides is 1. The Morgan fingerprint density at radius 3 is 2.74 bits per heavy atom. The lowest BCUT2D eigenvalue weighted by Gasteiger charge is -2.22. The summed E-state index contributed by atoms with van der Waals surface area (Å²) < 4.78 is 36.4. The van der Waals surface area contributed by atoms with E-state index in [4.69, 9.17) is 0 Å². The Balaban J connectivity index is 1.92. The molecule has 0 saturated carbocycles. The molecule has 1 heterocycles. The Morgan fingerprint density at radius 1 is 1.42 bits per heavy atom. The van der Waals surface area contributed by atoms with Crippen LogP contribution in [-0.4, -0.2) is 36.6 Å². The molecule has 6 heteroatoms. The summed E-state index contributed by atoms with van der Waals surface area (Å²) in [6.45, 7) is -0.309. The summed E-state index contributed by atoms with van der Waals surface area (Å²) in [5.41, 5.74) is 1.90. The van der Waals surface area contributed by atoms with Gasteiger partial charge in [0.15, 0.2) is 0 Å². The monoisotopic (exact) mass is 272 g/mol. The van der Waals surface area contributed by atoms with Crippen LogP contribution < -0.4 is 5.32 Å². The summed E-state index contributed by atoms with van der Waals surface area (Å²) >= 11 is 0. The smallest absolute Gasteiger partial charge is 0.373 e. The summed E-state index contributed by atoms with van der Waals surface area (Å²) in [5.74, 6) is -0.305. The quantitative estimate of drug-likeness (QED) is 0.916. The van der Waals surface area contributed by atoms with E-state index in [1.54, 1.807) is 0 Å². The van der Waals surface area contributed by atoms with Gasteiger partial charge in [-0.2, -0.15) is 13.2 Å². The Labute approximate surface area is 109 Å². The van der Waals surface area contributed by atoms with Crippen LogP contribution >= 0.6 is 0 Å². The fourth-order valence-electron chi connectivity index (χ4n) is 2.12. The van der Waals surface area contributed by atoms with Gasteiger partial charge in [0.1, 0.15) is 6.04 Å². The maximum Gasteiger partial charge on any atom is 0.390 e. The van der Waals surface area contributed by atoms with Crippen molar-refractivity contribution >= 4 is 11.6 Å². The van der Waals surface area contributed by atoms with Gasteiger partial charge in [-0.1, -0.05) is 18.2 Å². The van der Waals surface area contributed by atoms with Gasteiger partial charge in [0.2, 0.25) is 5.91 Å². The van der Waals surface area contributed by atoms with Crippen molar-refractivity contribution in [2.24, 2.45) is 0 Å². The highest BCUT2D eigenvalue weighted by atomic mass is 19.4. The van der Waals surface area contributed by atoms with Crippen LogP contribution in [-0.2, 0) is 11.2 Å². The van der Waals surface area contributed by atoms with Crippen molar-refractivity contribution < 1.29 is 18.0 Å². The lowest BCUT2D eigenvalue weighted by molar-refractivity contribution is -0.144. The first-order valence-electron chi connectivity index (χ1n) is 6.03. The predicted molar refractivity (Wildman–Crippen MR) is 65.9 cm³/mol. The number of likely N-dealkylation sites (N-methyl/N-ethyl adjacent to an activating group) is 1. The van der Waals surface area contributed by atoms with Crippen LogP contribution in [0.2, 0.25) is 0 Å². The number of hydrogen-bond donors (Lipinski definition) is 1. The average Bonchev–Trinajstić information content (AvgIpc) is 2.77. The molecule has 1 unspecified atom stereocenters. The molecule has 0 aliphatic carbocycles. The molecule has 1 amide bonds. The minimum atomic E-state index is -4.24. The third kappa shape index (κ3) is 3.39. The second kappa shape index (κ2) is 5.11. The Hall–Kier alpha value is -1.72. The summed E-state index contributed by atoms with van der Waals surface area (Å²) in [7, 11) is 1.40. The topological polar surface area (TPSA) is 32.3 Å². The molecule has 1 atom stereocenters. The average molecular weight is 272 g/mol. The van der Waals surface area contributed by atoms with Crippen molar-refractivity contribution in [3.63, 3.8) is 0 Å². The van der Waals surface area contributed by atoms with Gasteiger partial charge in [0.05, 0.1) is 6.42 Å². The van der Waals surface area contributed by atoms with Crippen LogP contribution in [0.25, 0.3) is 0 Å². The number of hydrogen-bond acceptors (Lipinski definition) is 2. The van der Waals surface area contributed by atoms with Crippen LogP contribution in [0.1, 0.15) is 12.0 Å². The van der Waals surface area contributed by atoms with Crippen molar-refractivity contribution in [1.82, 2.24) is 4.90 Å². The van der Waals surface area contributed by atoms with E-state index < -0.39 is 18.6 Å². The summed E-state index contributed by atoms with van der Waals surface area (Å²) in [5, 5.41) is 3.04. The van der Waals surface area contributed by atoms with Crippen molar-refractivity contribution in [2.75, 3.05) is 18.9 Å². The summed E-state index contributed by atoms with van der Waals surface area (Å²) in [6, 6.07) is 7.03. The number of fused-ring (bicyclic) bond motifs is 1. The molecule has 0 fully saturated rings. The predicted octanol–water partition coefficient (Wildman–Crippen LogP) is 2.43. The first-order valence-corrected chi connectivity index (χ1v) is 6.03. The number of nitrogens with one attached hydrogen (secondary N) is 1. The Kier molecular flexibility index (Phi) is 3.68. The number of halogens is 3. The molecule has 0 saturated heterocycles. The zero-order chi connectivity index (χ0) is 14.0. The molecule has 0 radical (unpaired) electrons. The fourth-order valence-corrected chi connectivity index (χ4v) is 2.12. The summed E-state index contributed by atoms with van der Waals surface area (Å²) in [4.78, 5) is 13.2. The Bertz CT molecular complexity index is 448. The van der Waals surface area contributed by atoms with Crippen LogP contribution in [0.4, 0.5) is 18.9 Å². The van der Waals surface area contributed by atoms with Crippen molar-refractivity contribution in [1.29, 1.82) is 0 Å². The second-order valence-corrected chi connectivity index (χ2v) is 4.68. The fraction of sp³-hybridized carbons (Fsp3) is 0.462. The molecule has 1 N–H and O–H groups in total. The molecule has 0 aromatic heterocycles. The zero-order valence-corrected chi connectivity index (χ0v) is 10.5. The SMILES string of the molecule is CN(CCC(F)(F)F)C(=O)C1Cc2ccccc2N1. The third-order valence-electron chi connectivity index (χ3n) is 3.18. The zero-order valence-electron chi connectivity index (χ0n) is 10.5. The van der Waals surface area contributed by atoms with Crippen molar-refractivity contribution in [3.05, 3.63) is 29.8 Å². The van der Waals surface area contributed by atoms with E-state index in [9.17, 15) is 18.0 Å². The van der Waals surface area contributed by atoms with E-state index >= 15 is 0 Å². The Morgan fingerprint density at radius 2 is 2.11 bits per heavy atom. The molecule has 1 aromatic rings. The molecular formula is C13H15F3N2O. The highest BCUT2D eigenvalue weighted by molar-refractivity contribution is 5.87. The van der Waals surface area contributed by atoms with E-state index in [1.807, 2.05) is 24.3 Å². The molecular weight excluding hydrogens is 257 g/mol. The molecule has 1 aliphatic rings. The molecule has 1 aromatic carbocycles. The minimum absolute atomic E-state index is 0.305. The van der Waals surface area contributed by atoms with Crippen LogP contribution in [0.15, 0.2) is 24.3 Å².